The van der Waals surface area contributed by atoms with Crippen molar-refractivity contribution in [1.29, 1.82) is 0 Å². The molecule has 0 aromatic rings. The highest BCUT2D eigenvalue weighted by Gasteiger charge is 2.22. The molecule has 0 atom stereocenters. The van der Waals surface area contributed by atoms with E-state index in [1.807, 2.05) is 0 Å². The molecule has 17 heavy (non-hydrogen) atoms. The van der Waals surface area contributed by atoms with Crippen molar-refractivity contribution < 1.29 is 9.47 Å². The van der Waals surface area contributed by atoms with Crippen LogP contribution in [0.25, 0.3) is 0 Å². The van der Waals surface area contributed by atoms with E-state index in [0.29, 0.717) is 5.41 Å². The number of hydrogen-bond acceptors (Lipinski definition) is 2. The molecular formula is C15H34O2. The van der Waals surface area contributed by atoms with Gasteiger partial charge in [-0.25, -0.2) is 0 Å². The van der Waals surface area contributed by atoms with Gasteiger partial charge < -0.3 is 9.47 Å². The van der Waals surface area contributed by atoms with E-state index in [2.05, 4.69) is 41.5 Å². The predicted molar refractivity (Wildman–Crippen MR) is 76.4 cm³/mol. The van der Waals surface area contributed by atoms with Gasteiger partial charge in [0.1, 0.15) is 0 Å². The van der Waals surface area contributed by atoms with E-state index in [0.717, 1.165) is 31.5 Å². The van der Waals surface area contributed by atoms with Crippen LogP contribution in [0.15, 0.2) is 0 Å². The van der Waals surface area contributed by atoms with Gasteiger partial charge in [-0.15, -0.1) is 0 Å². The Bertz CT molecular complexity index is 147. The van der Waals surface area contributed by atoms with E-state index in [-0.39, 0.29) is 0 Å². The Morgan fingerprint density at radius 1 is 0.882 bits per heavy atom. The second kappa shape index (κ2) is 11.0. The fraction of sp³-hybridized carbons (Fsp3) is 1.00. The number of ether oxygens (including phenoxy) is 2. The van der Waals surface area contributed by atoms with Crippen LogP contribution in [0.1, 0.15) is 54.4 Å². The molecule has 0 spiro atoms. The van der Waals surface area contributed by atoms with Gasteiger partial charge in [0, 0.05) is 27.4 Å². The lowest BCUT2D eigenvalue weighted by Gasteiger charge is -2.30. The first kappa shape index (κ1) is 19.3. The fourth-order valence-electron chi connectivity index (χ4n) is 1.64. The molecular weight excluding hydrogens is 212 g/mol. The highest BCUT2D eigenvalue weighted by atomic mass is 16.5. The Labute approximate surface area is 109 Å². The predicted octanol–water partition coefficient (Wildman–Crippen LogP) is 4.38. The van der Waals surface area contributed by atoms with E-state index in [4.69, 9.17) is 9.47 Å². The van der Waals surface area contributed by atoms with Crippen molar-refractivity contribution in [3.05, 3.63) is 0 Å². The molecule has 106 valence electrons. The van der Waals surface area contributed by atoms with Crippen molar-refractivity contribution in [2.75, 3.05) is 27.4 Å². The first-order valence-corrected chi connectivity index (χ1v) is 6.75. The summed E-state index contributed by atoms with van der Waals surface area (Å²) in [5, 5.41) is 0. The fourth-order valence-corrected chi connectivity index (χ4v) is 1.64. The highest BCUT2D eigenvalue weighted by Crippen LogP contribution is 2.32. The maximum Gasteiger partial charge on any atom is 0.0484 e. The van der Waals surface area contributed by atoms with Crippen LogP contribution in [0.5, 0.6) is 0 Å². The summed E-state index contributed by atoms with van der Waals surface area (Å²) in [5.41, 5.74) is 0.522. The molecule has 0 saturated carbocycles. The molecule has 0 aliphatic heterocycles. The Balaban J connectivity index is 0. The largest absolute Gasteiger partial charge is 0.385 e. The standard InChI is InChI=1S/C10H22.C5H12O2/c1-8(2)7-10(5,6)9(3)4;1-6-4-3-5-7-2/h8-9H,7H2,1-6H3;3-5H2,1-2H3. The van der Waals surface area contributed by atoms with Crippen LogP contribution in [0.4, 0.5) is 0 Å². The maximum absolute atomic E-state index is 4.76. The molecule has 0 aliphatic carbocycles. The van der Waals surface area contributed by atoms with Crippen molar-refractivity contribution in [2.24, 2.45) is 17.3 Å². The lowest BCUT2D eigenvalue weighted by molar-refractivity contribution is 0.138. The van der Waals surface area contributed by atoms with Gasteiger partial charge in [0.25, 0.3) is 0 Å². The monoisotopic (exact) mass is 246 g/mol. The summed E-state index contributed by atoms with van der Waals surface area (Å²) in [6.07, 6.45) is 2.33. The van der Waals surface area contributed by atoms with Crippen LogP contribution in [-0.2, 0) is 9.47 Å². The smallest absolute Gasteiger partial charge is 0.0484 e. The number of methoxy groups -OCH3 is 2. The zero-order valence-corrected chi connectivity index (χ0v) is 13.3. The SMILES string of the molecule is CC(C)CC(C)(C)C(C)C.COCCCOC. The Morgan fingerprint density at radius 3 is 1.47 bits per heavy atom. The van der Waals surface area contributed by atoms with E-state index in [9.17, 15) is 0 Å². The van der Waals surface area contributed by atoms with Crippen molar-refractivity contribution in [1.82, 2.24) is 0 Å². The molecule has 0 radical (unpaired) electrons. The topological polar surface area (TPSA) is 18.5 Å². The number of rotatable bonds is 7. The molecule has 0 saturated heterocycles. The summed E-state index contributed by atoms with van der Waals surface area (Å²) < 4.78 is 9.53. The summed E-state index contributed by atoms with van der Waals surface area (Å²) in [7, 11) is 3.38. The molecule has 0 heterocycles. The first-order valence-electron chi connectivity index (χ1n) is 6.75. The lowest BCUT2D eigenvalue weighted by Crippen LogP contribution is -2.21. The third-order valence-corrected chi connectivity index (χ3v) is 3.19. The minimum absolute atomic E-state index is 0.522. The highest BCUT2D eigenvalue weighted by molar-refractivity contribution is 4.73. The molecule has 0 aliphatic rings. The Hall–Kier alpha value is -0.0800. The first-order chi connectivity index (χ1) is 7.77. The van der Waals surface area contributed by atoms with Gasteiger partial charge in [-0.05, 0) is 30.1 Å². The third-order valence-electron chi connectivity index (χ3n) is 3.19. The van der Waals surface area contributed by atoms with Gasteiger partial charge in [-0.3, -0.25) is 0 Å². The summed E-state index contributed by atoms with van der Waals surface area (Å²) in [4.78, 5) is 0. The number of hydrogen-bond donors (Lipinski definition) is 0. The van der Waals surface area contributed by atoms with Gasteiger partial charge in [-0.1, -0.05) is 41.5 Å². The molecule has 0 amide bonds. The van der Waals surface area contributed by atoms with E-state index in [1.165, 1.54) is 6.42 Å². The zero-order chi connectivity index (χ0) is 13.9. The van der Waals surface area contributed by atoms with E-state index in [1.54, 1.807) is 14.2 Å². The average molecular weight is 246 g/mol. The molecule has 0 fully saturated rings. The molecule has 0 bridgehead atoms. The molecule has 2 heteroatoms. The van der Waals surface area contributed by atoms with Crippen LogP contribution < -0.4 is 0 Å². The molecule has 0 aromatic heterocycles. The summed E-state index contributed by atoms with van der Waals surface area (Å²) in [5.74, 6) is 1.63. The van der Waals surface area contributed by atoms with Gasteiger partial charge in [0.15, 0.2) is 0 Å². The minimum atomic E-state index is 0.522. The van der Waals surface area contributed by atoms with Crippen LogP contribution in [0, 0.1) is 17.3 Å². The van der Waals surface area contributed by atoms with E-state index < -0.39 is 0 Å². The molecule has 0 unspecified atom stereocenters. The van der Waals surface area contributed by atoms with Crippen molar-refractivity contribution in [3.8, 4) is 0 Å². The summed E-state index contributed by atoms with van der Waals surface area (Å²) in [6.45, 7) is 15.5. The quantitative estimate of drug-likeness (QED) is 0.620. The molecule has 2 nitrogen and oxygen atoms in total. The van der Waals surface area contributed by atoms with Crippen LogP contribution in [0.2, 0.25) is 0 Å². The molecule has 0 aromatic carbocycles. The second-order valence-corrected chi connectivity index (χ2v) is 6.08. The van der Waals surface area contributed by atoms with Gasteiger partial charge in [0.2, 0.25) is 0 Å². The Kier molecular flexibility index (Phi) is 12.5. The molecule has 0 rings (SSSR count). The molecule has 0 N–H and O–H groups in total. The maximum atomic E-state index is 4.76. The third kappa shape index (κ3) is 13.9. The van der Waals surface area contributed by atoms with Crippen LogP contribution in [0.3, 0.4) is 0 Å². The van der Waals surface area contributed by atoms with Gasteiger partial charge in [0.05, 0.1) is 0 Å². The van der Waals surface area contributed by atoms with Crippen LogP contribution in [-0.4, -0.2) is 27.4 Å². The summed E-state index contributed by atoms with van der Waals surface area (Å²) in [6, 6.07) is 0. The normalized spacial score (nSPS) is 11.6. The van der Waals surface area contributed by atoms with Gasteiger partial charge >= 0.3 is 0 Å². The van der Waals surface area contributed by atoms with Crippen molar-refractivity contribution >= 4 is 0 Å². The average Bonchev–Trinajstić information content (AvgIpc) is 2.17. The van der Waals surface area contributed by atoms with E-state index >= 15 is 0 Å². The van der Waals surface area contributed by atoms with Crippen molar-refractivity contribution in [2.45, 2.75) is 54.4 Å². The second-order valence-electron chi connectivity index (χ2n) is 6.08. The Morgan fingerprint density at radius 2 is 1.29 bits per heavy atom. The summed E-state index contributed by atoms with van der Waals surface area (Å²) >= 11 is 0. The zero-order valence-electron chi connectivity index (χ0n) is 13.3. The lowest BCUT2D eigenvalue weighted by atomic mass is 9.75. The minimum Gasteiger partial charge on any atom is -0.385 e. The van der Waals surface area contributed by atoms with Crippen molar-refractivity contribution in [3.63, 3.8) is 0 Å². The van der Waals surface area contributed by atoms with Crippen LogP contribution >= 0.6 is 0 Å². The van der Waals surface area contributed by atoms with Gasteiger partial charge in [-0.2, -0.15) is 0 Å².